The number of rotatable bonds is 8. The van der Waals surface area contributed by atoms with E-state index in [4.69, 9.17) is 15.0 Å². The Kier molecular flexibility index (Phi) is 10.1. The molecule has 73 heavy (non-hydrogen) atoms. The second kappa shape index (κ2) is 17.4. The Morgan fingerprint density at radius 2 is 0.493 bits per heavy atom. The first-order chi connectivity index (χ1) is 36.2. The van der Waals surface area contributed by atoms with Crippen molar-refractivity contribution in [3.8, 4) is 112 Å². The minimum Gasteiger partial charge on any atom is -0.208 e. The maximum atomic E-state index is 5.57. The van der Waals surface area contributed by atoms with Gasteiger partial charge in [-0.05, 0) is 143 Å². The van der Waals surface area contributed by atoms with E-state index in [1.54, 1.807) is 0 Å². The molecular weight excluding hydrogens is 883 g/mol. The first-order valence-corrected chi connectivity index (χ1v) is 25.0. The maximum absolute atomic E-state index is 5.57. The van der Waals surface area contributed by atoms with Gasteiger partial charge >= 0.3 is 0 Å². The Bertz CT molecular complexity index is 3910. The highest BCUT2D eigenvalue weighted by Gasteiger charge is 2.52. The van der Waals surface area contributed by atoms with Crippen molar-refractivity contribution in [2.75, 3.05) is 0 Å². The van der Waals surface area contributed by atoms with E-state index in [9.17, 15) is 0 Å². The van der Waals surface area contributed by atoms with Crippen molar-refractivity contribution in [3.63, 3.8) is 0 Å². The van der Waals surface area contributed by atoms with Crippen molar-refractivity contribution >= 4 is 0 Å². The highest BCUT2D eigenvalue weighted by atomic mass is 15.0. The molecule has 0 fully saturated rings. The van der Waals surface area contributed by atoms with Crippen LogP contribution < -0.4 is 0 Å². The minimum absolute atomic E-state index is 0.510. The van der Waals surface area contributed by atoms with Gasteiger partial charge in [0.15, 0.2) is 17.5 Å². The van der Waals surface area contributed by atoms with Crippen LogP contribution in [0.15, 0.2) is 273 Å². The molecule has 2 aliphatic carbocycles. The zero-order chi connectivity index (χ0) is 48.3. The zero-order valence-corrected chi connectivity index (χ0v) is 39.8. The fourth-order valence-corrected chi connectivity index (χ4v) is 11.7. The van der Waals surface area contributed by atoms with E-state index in [0.29, 0.717) is 17.5 Å². The second-order valence-electron chi connectivity index (χ2n) is 19.1. The van der Waals surface area contributed by atoms with Gasteiger partial charge in [-0.2, -0.15) is 0 Å². The zero-order valence-electron chi connectivity index (χ0n) is 39.8. The van der Waals surface area contributed by atoms with Crippen LogP contribution in [0, 0.1) is 0 Å². The number of aromatic nitrogens is 3. The average molecular weight is 928 g/mol. The molecule has 11 aromatic carbocycles. The summed E-state index contributed by atoms with van der Waals surface area (Å²) in [7, 11) is 0. The number of benzene rings is 11. The van der Waals surface area contributed by atoms with Crippen molar-refractivity contribution < 1.29 is 0 Å². The van der Waals surface area contributed by atoms with Gasteiger partial charge in [0.1, 0.15) is 0 Å². The molecule has 14 rings (SSSR count). The topological polar surface area (TPSA) is 38.7 Å². The van der Waals surface area contributed by atoms with Gasteiger partial charge in [0.05, 0.1) is 5.41 Å². The highest BCUT2D eigenvalue weighted by Crippen LogP contribution is 2.63. The van der Waals surface area contributed by atoms with E-state index in [1.165, 1.54) is 50.1 Å². The molecule has 340 valence electrons. The van der Waals surface area contributed by atoms with Crippen molar-refractivity contribution in [2.24, 2.45) is 0 Å². The van der Waals surface area contributed by atoms with Gasteiger partial charge in [0.2, 0.25) is 0 Å². The molecule has 3 heteroatoms. The Balaban J connectivity index is 1.01. The molecule has 0 amide bonds. The number of nitrogens with zero attached hydrogens (tertiary/aromatic N) is 3. The van der Waals surface area contributed by atoms with Crippen LogP contribution in [0.1, 0.15) is 22.3 Å². The Hall–Kier alpha value is -9.57. The van der Waals surface area contributed by atoms with E-state index >= 15 is 0 Å². The lowest BCUT2D eigenvalue weighted by Crippen LogP contribution is -2.25. The third kappa shape index (κ3) is 7.08. The normalized spacial score (nSPS) is 12.5. The van der Waals surface area contributed by atoms with Gasteiger partial charge in [0.25, 0.3) is 0 Å². The van der Waals surface area contributed by atoms with Gasteiger partial charge in [-0.3, -0.25) is 0 Å². The molecule has 0 aliphatic heterocycles. The van der Waals surface area contributed by atoms with E-state index in [2.05, 4.69) is 273 Å². The van der Waals surface area contributed by atoms with Crippen LogP contribution in [0.2, 0.25) is 0 Å². The van der Waals surface area contributed by atoms with Crippen LogP contribution in [0.4, 0.5) is 0 Å². The average Bonchev–Trinajstić information content (AvgIpc) is 3.97. The quantitative estimate of drug-likeness (QED) is 0.152. The highest BCUT2D eigenvalue weighted by molar-refractivity contribution is 5.99. The Morgan fingerprint density at radius 3 is 0.986 bits per heavy atom. The van der Waals surface area contributed by atoms with Gasteiger partial charge in [-0.1, -0.05) is 231 Å². The minimum atomic E-state index is -0.510. The van der Waals surface area contributed by atoms with E-state index in [0.717, 1.165) is 66.8 Å². The fourth-order valence-electron chi connectivity index (χ4n) is 11.7. The number of fused-ring (bicyclic) bond motifs is 10. The molecule has 0 unspecified atom stereocenters. The molecule has 0 atom stereocenters. The lowest BCUT2D eigenvalue weighted by molar-refractivity contribution is 0.794. The summed E-state index contributed by atoms with van der Waals surface area (Å²) in [4.78, 5) is 16.6. The standard InChI is InChI=1S/C70H45N3/c1-5-21-46(22-6-1)52-40-53(47-23-7-2-8-24-47)43-56(42-52)50-29-19-30-51(39-50)67-71-68(57-44-54(48-25-9-3-10-26-48)41-55(45-57)49-27-11-4-12-28-49)73-69(72-67)61-34-20-38-65-66(61)60-33-15-18-37-64(60)70(65)62-35-16-13-31-58(62)59-32-14-17-36-63(59)70/h1-45H. The number of hydrogen-bond acceptors (Lipinski definition) is 3. The first-order valence-electron chi connectivity index (χ1n) is 25.0. The largest absolute Gasteiger partial charge is 0.208 e. The summed E-state index contributed by atoms with van der Waals surface area (Å²) in [6, 6.07) is 98.3. The molecule has 0 radical (unpaired) electrons. The second-order valence-corrected chi connectivity index (χ2v) is 19.1. The molecule has 12 aromatic rings. The molecule has 0 saturated carbocycles. The van der Waals surface area contributed by atoms with Crippen molar-refractivity contribution in [1.29, 1.82) is 0 Å². The fraction of sp³-hybridized carbons (Fsp3) is 0.0143. The summed E-state index contributed by atoms with van der Waals surface area (Å²) in [5.74, 6) is 1.83. The van der Waals surface area contributed by atoms with Crippen molar-refractivity contribution in [2.45, 2.75) is 5.41 Å². The third-order valence-electron chi connectivity index (χ3n) is 14.9. The first kappa shape index (κ1) is 42.3. The van der Waals surface area contributed by atoms with Crippen molar-refractivity contribution in [1.82, 2.24) is 15.0 Å². The van der Waals surface area contributed by atoms with Gasteiger partial charge in [-0.25, -0.2) is 15.0 Å². The molecule has 2 aliphatic rings. The predicted octanol–water partition coefficient (Wildman–Crippen LogP) is 17.6. The monoisotopic (exact) mass is 927 g/mol. The summed E-state index contributed by atoms with van der Waals surface area (Å²) in [5, 5.41) is 0. The molecular formula is C70H45N3. The van der Waals surface area contributed by atoms with Gasteiger partial charge in [0, 0.05) is 16.7 Å². The Morgan fingerprint density at radius 1 is 0.192 bits per heavy atom. The molecule has 1 spiro atoms. The summed E-state index contributed by atoms with van der Waals surface area (Å²) < 4.78 is 0. The Labute approximate surface area is 425 Å². The molecule has 0 saturated heterocycles. The lowest BCUT2D eigenvalue weighted by Gasteiger charge is -2.30. The van der Waals surface area contributed by atoms with E-state index < -0.39 is 5.41 Å². The summed E-state index contributed by atoms with van der Waals surface area (Å²) in [5.41, 5.74) is 23.5. The van der Waals surface area contributed by atoms with Crippen LogP contribution in [0.3, 0.4) is 0 Å². The molecule has 0 N–H and O–H groups in total. The molecule has 1 aromatic heterocycles. The molecule has 3 nitrogen and oxygen atoms in total. The van der Waals surface area contributed by atoms with Crippen molar-refractivity contribution in [3.05, 3.63) is 295 Å². The van der Waals surface area contributed by atoms with Crippen LogP contribution in [0.5, 0.6) is 0 Å². The summed E-state index contributed by atoms with van der Waals surface area (Å²) >= 11 is 0. The van der Waals surface area contributed by atoms with E-state index in [1.807, 2.05) is 0 Å². The summed E-state index contributed by atoms with van der Waals surface area (Å²) in [6.45, 7) is 0. The predicted molar refractivity (Wildman–Crippen MR) is 300 cm³/mol. The summed E-state index contributed by atoms with van der Waals surface area (Å²) in [6.07, 6.45) is 0. The maximum Gasteiger partial charge on any atom is 0.164 e. The van der Waals surface area contributed by atoms with Crippen LogP contribution >= 0.6 is 0 Å². The smallest absolute Gasteiger partial charge is 0.164 e. The van der Waals surface area contributed by atoms with Crippen LogP contribution in [-0.2, 0) is 5.41 Å². The number of hydrogen-bond donors (Lipinski definition) is 0. The lowest BCUT2D eigenvalue weighted by atomic mass is 9.70. The third-order valence-corrected chi connectivity index (χ3v) is 14.9. The van der Waals surface area contributed by atoms with Crippen LogP contribution in [-0.4, -0.2) is 15.0 Å². The van der Waals surface area contributed by atoms with Crippen LogP contribution in [0.25, 0.3) is 112 Å². The van der Waals surface area contributed by atoms with Gasteiger partial charge in [-0.15, -0.1) is 0 Å². The van der Waals surface area contributed by atoms with Gasteiger partial charge < -0.3 is 0 Å². The molecule has 0 bridgehead atoms. The molecule has 1 heterocycles. The SMILES string of the molecule is c1ccc(-c2cc(-c3ccccc3)cc(-c3cccc(-c4nc(-c5cc(-c6ccccc6)cc(-c6ccccc6)c5)nc(-c5cccc6c5-c5ccccc5C65c6ccccc6-c6ccccc65)n4)c3)c2)cc1. The van der Waals surface area contributed by atoms with E-state index in [-0.39, 0.29) is 0 Å².